The second kappa shape index (κ2) is 9.14. The maximum atomic E-state index is 13.7. The van der Waals surface area contributed by atoms with E-state index in [0.717, 1.165) is 0 Å². The molecule has 4 N–H and O–H groups in total. The van der Waals surface area contributed by atoms with Gasteiger partial charge >= 0.3 is 0 Å². The molecule has 0 spiro atoms. The van der Waals surface area contributed by atoms with Crippen molar-refractivity contribution in [3.05, 3.63) is 34.6 Å². The topological polar surface area (TPSA) is 85.6 Å². The van der Waals surface area contributed by atoms with Gasteiger partial charge in [0, 0.05) is 25.6 Å². The first-order valence-electron chi connectivity index (χ1n) is 7.43. The molecular formula is C15H21ClFN3O3. The Bertz CT molecular complexity index is 533. The fourth-order valence-corrected chi connectivity index (χ4v) is 2.59. The van der Waals surface area contributed by atoms with Crippen LogP contribution in [0.4, 0.5) is 4.39 Å². The Balaban J connectivity index is 2.04. The highest BCUT2D eigenvalue weighted by molar-refractivity contribution is 6.30. The lowest BCUT2D eigenvalue weighted by Gasteiger charge is -2.25. The molecular weight excluding hydrogens is 325 g/mol. The van der Waals surface area contributed by atoms with Crippen molar-refractivity contribution in [1.82, 2.24) is 10.6 Å². The summed E-state index contributed by atoms with van der Waals surface area (Å²) in [4.78, 5) is 11.6. The van der Waals surface area contributed by atoms with Crippen LogP contribution in [0.3, 0.4) is 0 Å². The van der Waals surface area contributed by atoms with E-state index in [1.807, 2.05) is 0 Å². The van der Waals surface area contributed by atoms with Crippen molar-refractivity contribution < 1.29 is 18.7 Å². The number of ether oxygens (including phenoxy) is 2. The molecule has 1 saturated heterocycles. The molecule has 1 fully saturated rings. The van der Waals surface area contributed by atoms with E-state index in [1.54, 1.807) is 6.07 Å². The van der Waals surface area contributed by atoms with Gasteiger partial charge in [-0.05, 0) is 17.7 Å². The number of rotatable bonds is 6. The summed E-state index contributed by atoms with van der Waals surface area (Å²) in [5.41, 5.74) is 5.88. The Morgan fingerprint density at radius 2 is 2.39 bits per heavy atom. The molecule has 6 nitrogen and oxygen atoms in total. The SMILES string of the molecule is NCOCC(=O)NCC1CNCCOC1c1ccc(Cl)c(F)c1. The molecule has 1 aliphatic rings. The molecule has 0 bridgehead atoms. The van der Waals surface area contributed by atoms with Crippen LogP contribution in [0.15, 0.2) is 18.2 Å². The lowest BCUT2D eigenvalue weighted by atomic mass is 9.95. The molecule has 1 aliphatic heterocycles. The van der Waals surface area contributed by atoms with E-state index >= 15 is 0 Å². The van der Waals surface area contributed by atoms with Gasteiger partial charge in [-0.25, -0.2) is 4.39 Å². The van der Waals surface area contributed by atoms with E-state index in [1.165, 1.54) is 12.1 Å². The zero-order chi connectivity index (χ0) is 16.7. The van der Waals surface area contributed by atoms with E-state index in [0.29, 0.717) is 31.8 Å². The molecule has 1 amide bonds. The lowest BCUT2D eigenvalue weighted by Crippen LogP contribution is -2.38. The third kappa shape index (κ3) is 5.40. The van der Waals surface area contributed by atoms with Crippen LogP contribution in [0.25, 0.3) is 0 Å². The number of carbonyl (C=O) groups is 1. The number of halogens is 2. The number of hydrogen-bond acceptors (Lipinski definition) is 5. The van der Waals surface area contributed by atoms with Gasteiger partial charge in [0.15, 0.2) is 0 Å². The van der Waals surface area contributed by atoms with Gasteiger partial charge in [0.1, 0.15) is 12.4 Å². The monoisotopic (exact) mass is 345 g/mol. The van der Waals surface area contributed by atoms with Crippen molar-refractivity contribution in [2.45, 2.75) is 6.10 Å². The minimum Gasteiger partial charge on any atom is -0.372 e. The van der Waals surface area contributed by atoms with Crippen LogP contribution in [-0.2, 0) is 14.3 Å². The van der Waals surface area contributed by atoms with Crippen LogP contribution in [0, 0.1) is 11.7 Å². The number of hydrogen-bond donors (Lipinski definition) is 3. The van der Waals surface area contributed by atoms with Gasteiger partial charge in [0.05, 0.1) is 24.5 Å². The highest BCUT2D eigenvalue weighted by Crippen LogP contribution is 2.29. The highest BCUT2D eigenvalue weighted by Gasteiger charge is 2.27. The molecule has 1 heterocycles. The summed E-state index contributed by atoms with van der Waals surface area (Å²) in [7, 11) is 0. The first-order valence-corrected chi connectivity index (χ1v) is 7.81. The molecule has 2 rings (SSSR count). The molecule has 23 heavy (non-hydrogen) atoms. The fraction of sp³-hybridized carbons (Fsp3) is 0.533. The third-order valence-corrected chi connectivity index (χ3v) is 3.90. The van der Waals surface area contributed by atoms with Gasteiger partial charge in [-0.15, -0.1) is 0 Å². The molecule has 2 unspecified atom stereocenters. The van der Waals surface area contributed by atoms with E-state index in [2.05, 4.69) is 10.6 Å². The van der Waals surface area contributed by atoms with E-state index in [4.69, 9.17) is 26.8 Å². The number of nitrogens with one attached hydrogen (secondary N) is 2. The van der Waals surface area contributed by atoms with Crippen molar-refractivity contribution in [3.63, 3.8) is 0 Å². The Morgan fingerprint density at radius 3 is 3.13 bits per heavy atom. The minimum atomic E-state index is -0.482. The summed E-state index contributed by atoms with van der Waals surface area (Å²) in [6.45, 7) is 2.15. The average molecular weight is 346 g/mol. The summed E-state index contributed by atoms with van der Waals surface area (Å²) in [5.74, 6) is -0.773. The Morgan fingerprint density at radius 1 is 1.57 bits per heavy atom. The molecule has 1 aromatic carbocycles. The van der Waals surface area contributed by atoms with Crippen molar-refractivity contribution in [2.75, 3.05) is 39.6 Å². The van der Waals surface area contributed by atoms with Crippen LogP contribution in [0.2, 0.25) is 5.02 Å². The van der Waals surface area contributed by atoms with E-state index < -0.39 is 5.82 Å². The summed E-state index contributed by atoms with van der Waals surface area (Å²) in [5, 5.41) is 6.10. The summed E-state index contributed by atoms with van der Waals surface area (Å²) in [6.07, 6.45) is -0.326. The van der Waals surface area contributed by atoms with Crippen LogP contribution < -0.4 is 16.4 Å². The van der Waals surface area contributed by atoms with Crippen LogP contribution in [0.5, 0.6) is 0 Å². The molecule has 0 radical (unpaired) electrons. The zero-order valence-corrected chi connectivity index (χ0v) is 13.4. The van der Waals surface area contributed by atoms with Gasteiger partial charge in [0.25, 0.3) is 0 Å². The quantitative estimate of drug-likeness (QED) is 0.664. The summed E-state index contributed by atoms with van der Waals surface area (Å²) >= 11 is 5.73. The lowest BCUT2D eigenvalue weighted by molar-refractivity contribution is -0.126. The van der Waals surface area contributed by atoms with Gasteiger partial charge < -0.3 is 25.8 Å². The Hall–Kier alpha value is -1.25. The number of nitrogens with two attached hydrogens (primary N) is 1. The maximum Gasteiger partial charge on any atom is 0.246 e. The number of amides is 1. The van der Waals surface area contributed by atoms with Crippen molar-refractivity contribution in [2.24, 2.45) is 11.7 Å². The normalized spacial score (nSPS) is 21.7. The summed E-state index contributed by atoms with van der Waals surface area (Å²) < 4.78 is 24.4. The van der Waals surface area contributed by atoms with Gasteiger partial charge in [-0.2, -0.15) is 0 Å². The van der Waals surface area contributed by atoms with Gasteiger partial charge in [0.2, 0.25) is 5.91 Å². The van der Waals surface area contributed by atoms with E-state index in [9.17, 15) is 9.18 Å². The number of benzene rings is 1. The molecule has 0 saturated carbocycles. The smallest absolute Gasteiger partial charge is 0.246 e. The largest absolute Gasteiger partial charge is 0.372 e. The van der Waals surface area contributed by atoms with Gasteiger partial charge in [-0.1, -0.05) is 17.7 Å². The molecule has 0 aliphatic carbocycles. The summed E-state index contributed by atoms with van der Waals surface area (Å²) in [6, 6.07) is 4.64. The second-order valence-corrected chi connectivity index (χ2v) is 5.66. The average Bonchev–Trinajstić information content (AvgIpc) is 2.79. The van der Waals surface area contributed by atoms with E-state index in [-0.39, 0.29) is 36.3 Å². The fourth-order valence-electron chi connectivity index (χ4n) is 2.47. The molecule has 2 atom stereocenters. The first-order chi connectivity index (χ1) is 11.1. The van der Waals surface area contributed by atoms with Crippen molar-refractivity contribution in [3.8, 4) is 0 Å². The Labute approximate surface area is 139 Å². The van der Waals surface area contributed by atoms with Gasteiger partial charge in [-0.3, -0.25) is 4.79 Å². The highest BCUT2D eigenvalue weighted by atomic mass is 35.5. The standard InChI is InChI=1S/C15H21ClFN3O3/c16-12-2-1-10(5-13(12)17)15-11(6-19-3-4-23-15)7-20-14(21)8-22-9-18/h1-2,5,11,15,19H,3-4,6-9,18H2,(H,20,21). The van der Waals surface area contributed by atoms with Crippen LogP contribution in [-0.4, -0.2) is 45.5 Å². The predicted molar refractivity (Wildman–Crippen MR) is 84.5 cm³/mol. The Kier molecular flexibility index (Phi) is 7.19. The minimum absolute atomic E-state index is 0.00576. The molecule has 0 aromatic heterocycles. The van der Waals surface area contributed by atoms with Crippen molar-refractivity contribution >= 4 is 17.5 Å². The number of carbonyl (C=O) groups excluding carboxylic acids is 1. The predicted octanol–water partition coefficient (Wildman–Crippen LogP) is 0.805. The zero-order valence-electron chi connectivity index (χ0n) is 12.7. The third-order valence-electron chi connectivity index (χ3n) is 3.60. The molecule has 8 heteroatoms. The molecule has 128 valence electrons. The van der Waals surface area contributed by atoms with Crippen molar-refractivity contribution in [1.29, 1.82) is 0 Å². The second-order valence-electron chi connectivity index (χ2n) is 5.25. The van der Waals surface area contributed by atoms with Crippen LogP contribution in [0.1, 0.15) is 11.7 Å². The van der Waals surface area contributed by atoms with Crippen LogP contribution >= 0.6 is 11.6 Å². The maximum absolute atomic E-state index is 13.7. The first kappa shape index (κ1) is 18.1. The molecule has 1 aromatic rings.